The number of halogens is 6. The van der Waals surface area contributed by atoms with Gasteiger partial charge in [-0.25, -0.2) is 0 Å². The van der Waals surface area contributed by atoms with Crippen LogP contribution in [0.15, 0.2) is 30.4 Å². The fourth-order valence-corrected chi connectivity index (χ4v) is 2.29. The average molecular weight is 352 g/mol. The fraction of sp³-hybridized carbons (Fsp3) is 0.286. The predicted molar refractivity (Wildman–Crippen MR) is 78.4 cm³/mol. The number of nitrogen functional groups attached to an aromatic ring is 1. The largest absolute Gasteiger partial charge is 0.482 e. The van der Waals surface area contributed by atoms with Crippen LogP contribution in [0.3, 0.4) is 0 Å². The van der Waals surface area contributed by atoms with Crippen LogP contribution in [0.4, 0.5) is 37.7 Å². The Morgan fingerprint density at radius 3 is 2.12 bits per heavy atom. The lowest BCUT2D eigenvalue weighted by atomic mass is 9.90. The number of allylic oxidation sites excluding steroid dienone is 2. The van der Waals surface area contributed by atoms with Gasteiger partial charge in [-0.3, -0.25) is 5.32 Å². The first kappa shape index (κ1) is 18.1. The SMILES string of the molecule is Nc1c(NC(F)(F)F)ccc(C2=CCC(N)(N)C=C2)c1C(F)(F)F. The van der Waals surface area contributed by atoms with E-state index in [9.17, 15) is 26.3 Å². The Hall–Kier alpha value is -2.20. The molecule has 0 radical (unpaired) electrons. The summed E-state index contributed by atoms with van der Waals surface area (Å²) in [5.74, 6) is 0. The van der Waals surface area contributed by atoms with E-state index in [2.05, 4.69) is 0 Å². The summed E-state index contributed by atoms with van der Waals surface area (Å²) in [7, 11) is 0. The third-order valence-electron chi connectivity index (χ3n) is 3.37. The topological polar surface area (TPSA) is 90.1 Å². The van der Waals surface area contributed by atoms with Gasteiger partial charge in [0.25, 0.3) is 0 Å². The second kappa shape index (κ2) is 5.71. The molecule has 0 aromatic heterocycles. The molecule has 24 heavy (non-hydrogen) atoms. The molecule has 0 unspecified atom stereocenters. The van der Waals surface area contributed by atoms with Gasteiger partial charge in [-0.2, -0.15) is 26.3 Å². The summed E-state index contributed by atoms with van der Waals surface area (Å²) in [5.41, 5.74) is 11.9. The van der Waals surface area contributed by atoms with E-state index in [0.29, 0.717) is 0 Å². The van der Waals surface area contributed by atoms with Crippen molar-refractivity contribution in [3.63, 3.8) is 0 Å². The van der Waals surface area contributed by atoms with E-state index in [-0.39, 0.29) is 17.6 Å². The number of alkyl halides is 6. The van der Waals surface area contributed by atoms with Crippen molar-refractivity contribution >= 4 is 16.9 Å². The summed E-state index contributed by atoms with van der Waals surface area (Å²) < 4.78 is 77.2. The summed E-state index contributed by atoms with van der Waals surface area (Å²) >= 11 is 0. The van der Waals surface area contributed by atoms with Crippen LogP contribution in [0.25, 0.3) is 5.57 Å². The smallest absolute Gasteiger partial charge is 0.397 e. The monoisotopic (exact) mass is 352 g/mol. The quantitative estimate of drug-likeness (QED) is 0.285. The number of hydrogen-bond acceptors (Lipinski definition) is 4. The summed E-state index contributed by atoms with van der Waals surface area (Å²) in [5, 5.41) is 1.00. The van der Waals surface area contributed by atoms with Gasteiger partial charge in [-0.05, 0) is 23.3 Å². The van der Waals surface area contributed by atoms with Crippen LogP contribution in [0.1, 0.15) is 17.5 Å². The van der Waals surface area contributed by atoms with Crippen LogP contribution in [0.5, 0.6) is 0 Å². The minimum atomic E-state index is -4.95. The third-order valence-corrected chi connectivity index (χ3v) is 3.37. The number of benzene rings is 1. The molecule has 0 heterocycles. The standard InChI is InChI=1S/C14H14F6N4/c15-13(16,17)10-8(7-3-5-12(22,23)6-4-7)1-2-9(11(10)21)24-14(18,19)20/h1-5,24H,6,21-23H2. The first-order valence-electron chi connectivity index (χ1n) is 6.62. The highest BCUT2D eigenvalue weighted by molar-refractivity contribution is 5.84. The van der Waals surface area contributed by atoms with Crippen LogP contribution in [-0.4, -0.2) is 12.0 Å². The Morgan fingerprint density at radius 1 is 1.04 bits per heavy atom. The lowest BCUT2D eigenvalue weighted by molar-refractivity contribution is -0.137. The molecule has 0 saturated carbocycles. The molecule has 1 aliphatic rings. The summed E-state index contributed by atoms with van der Waals surface area (Å²) in [6.45, 7) is 0. The normalized spacial score (nSPS) is 17.6. The molecule has 10 heteroatoms. The minimum absolute atomic E-state index is 0.0680. The van der Waals surface area contributed by atoms with Crippen LogP contribution < -0.4 is 22.5 Å². The number of nitrogens with one attached hydrogen (secondary N) is 1. The molecular formula is C14H14F6N4. The van der Waals surface area contributed by atoms with Crippen LogP contribution in [0.2, 0.25) is 0 Å². The summed E-state index contributed by atoms with van der Waals surface area (Å²) in [6.07, 6.45) is -5.82. The van der Waals surface area contributed by atoms with E-state index < -0.39 is 35.1 Å². The molecule has 1 aromatic rings. The highest BCUT2D eigenvalue weighted by atomic mass is 19.4. The van der Waals surface area contributed by atoms with Crippen molar-refractivity contribution in [3.8, 4) is 0 Å². The lowest BCUT2D eigenvalue weighted by Gasteiger charge is -2.25. The van der Waals surface area contributed by atoms with Gasteiger partial charge in [-0.15, -0.1) is 0 Å². The van der Waals surface area contributed by atoms with Crippen LogP contribution in [-0.2, 0) is 6.18 Å². The maximum absolute atomic E-state index is 13.3. The van der Waals surface area contributed by atoms with Crippen LogP contribution in [0, 0.1) is 0 Å². The van der Waals surface area contributed by atoms with Gasteiger partial charge in [0.2, 0.25) is 0 Å². The average Bonchev–Trinajstić information content (AvgIpc) is 2.38. The van der Waals surface area contributed by atoms with Gasteiger partial charge >= 0.3 is 12.5 Å². The van der Waals surface area contributed by atoms with Crippen molar-refractivity contribution in [2.24, 2.45) is 11.5 Å². The van der Waals surface area contributed by atoms with Crippen molar-refractivity contribution in [3.05, 3.63) is 41.5 Å². The molecule has 0 fully saturated rings. The molecule has 0 aliphatic heterocycles. The van der Waals surface area contributed by atoms with E-state index in [1.807, 2.05) is 0 Å². The van der Waals surface area contributed by atoms with E-state index in [4.69, 9.17) is 17.2 Å². The van der Waals surface area contributed by atoms with E-state index in [1.165, 1.54) is 18.2 Å². The van der Waals surface area contributed by atoms with Gasteiger partial charge in [0.1, 0.15) is 0 Å². The molecule has 0 bridgehead atoms. The lowest BCUT2D eigenvalue weighted by Crippen LogP contribution is -2.47. The first-order valence-corrected chi connectivity index (χ1v) is 6.62. The molecular weight excluding hydrogens is 338 g/mol. The molecule has 1 aromatic carbocycles. The number of hydrogen-bond donors (Lipinski definition) is 4. The second-order valence-corrected chi connectivity index (χ2v) is 5.38. The maximum Gasteiger partial charge on any atom is 0.482 e. The molecule has 0 spiro atoms. The fourth-order valence-electron chi connectivity index (χ4n) is 2.29. The first-order chi connectivity index (χ1) is 10.8. The molecule has 0 saturated heterocycles. The summed E-state index contributed by atoms with van der Waals surface area (Å²) in [6, 6.07) is 1.76. The van der Waals surface area contributed by atoms with Crippen molar-refractivity contribution in [1.29, 1.82) is 0 Å². The van der Waals surface area contributed by atoms with Crippen molar-refractivity contribution < 1.29 is 26.3 Å². The second-order valence-electron chi connectivity index (χ2n) is 5.38. The molecule has 2 rings (SSSR count). The third kappa shape index (κ3) is 4.01. The van der Waals surface area contributed by atoms with Gasteiger partial charge in [0, 0.05) is 6.42 Å². The minimum Gasteiger partial charge on any atom is -0.397 e. The maximum atomic E-state index is 13.3. The number of anilines is 2. The molecule has 0 amide bonds. The zero-order valence-corrected chi connectivity index (χ0v) is 12.1. The Kier molecular flexibility index (Phi) is 4.31. The zero-order chi connectivity index (χ0) is 18.3. The van der Waals surface area contributed by atoms with Gasteiger partial charge < -0.3 is 17.2 Å². The Balaban J connectivity index is 2.56. The Morgan fingerprint density at radius 2 is 1.67 bits per heavy atom. The molecule has 7 N–H and O–H groups in total. The number of nitrogens with two attached hydrogens (primary N) is 3. The van der Waals surface area contributed by atoms with Gasteiger partial charge in [0.05, 0.1) is 22.6 Å². The van der Waals surface area contributed by atoms with E-state index in [1.54, 1.807) is 0 Å². The van der Waals surface area contributed by atoms with E-state index in [0.717, 1.165) is 17.4 Å². The van der Waals surface area contributed by atoms with Crippen molar-refractivity contribution in [2.45, 2.75) is 24.6 Å². The van der Waals surface area contributed by atoms with Crippen LogP contribution >= 0.6 is 0 Å². The molecule has 0 atom stereocenters. The van der Waals surface area contributed by atoms with E-state index >= 15 is 0 Å². The Bertz CT molecular complexity index is 700. The van der Waals surface area contributed by atoms with Crippen molar-refractivity contribution in [2.75, 3.05) is 11.1 Å². The molecule has 1 aliphatic carbocycles. The highest BCUT2D eigenvalue weighted by Gasteiger charge is 2.39. The highest BCUT2D eigenvalue weighted by Crippen LogP contribution is 2.43. The predicted octanol–water partition coefficient (Wildman–Crippen LogP) is 3.18. The van der Waals surface area contributed by atoms with Crippen molar-refractivity contribution in [1.82, 2.24) is 0 Å². The summed E-state index contributed by atoms with van der Waals surface area (Å²) in [4.78, 5) is 0. The van der Waals surface area contributed by atoms with Gasteiger partial charge in [-0.1, -0.05) is 18.2 Å². The zero-order valence-electron chi connectivity index (χ0n) is 12.1. The molecule has 4 nitrogen and oxygen atoms in total. The molecule has 132 valence electrons. The van der Waals surface area contributed by atoms with Gasteiger partial charge in [0.15, 0.2) is 0 Å². The number of rotatable bonds is 2. The Labute approximate surface area is 133 Å².